The lowest BCUT2D eigenvalue weighted by atomic mass is 9.91. The molecule has 1 aliphatic carbocycles. The van der Waals surface area contributed by atoms with E-state index in [-0.39, 0.29) is 5.41 Å². The molecule has 0 saturated heterocycles. The van der Waals surface area contributed by atoms with Crippen LogP contribution in [0.4, 0.5) is 0 Å². The Morgan fingerprint density at radius 2 is 1.88 bits per heavy atom. The van der Waals surface area contributed by atoms with Crippen LogP contribution in [0.25, 0.3) is 0 Å². The standard InChI is InChI=1S/C13H24BrNO/c1-13(2,3)10-12(16)15(9-8-14)11-6-4-5-7-11/h11H,4-10H2,1-3H3. The van der Waals surface area contributed by atoms with E-state index in [9.17, 15) is 4.79 Å². The third-order valence-corrected chi connectivity index (χ3v) is 3.45. The van der Waals surface area contributed by atoms with E-state index in [1.165, 1.54) is 25.7 Å². The molecule has 0 unspecified atom stereocenters. The predicted molar refractivity (Wildman–Crippen MR) is 71.8 cm³/mol. The average Bonchev–Trinajstić information content (AvgIpc) is 2.63. The maximum Gasteiger partial charge on any atom is 0.223 e. The second-order valence-electron chi connectivity index (χ2n) is 5.95. The van der Waals surface area contributed by atoms with Crippen molar-refractivity contribution >= 4 is 21.8 Å². The van der Waals surface area contributed by atoms with Gasteiger partial charge in [-0.05, 0) is 18.3 Å². The van der Waals surface area contributed by atoms with Gasteiger partial charge < -0.3 is 4.90 Å². The largest absolute Gasteiger partial charge is 0.339 e. The molecule has 0 radical (unpaired) electrons. The van der Waals surface area contributed by atoms with Crippen LogP contribution in [-0.4, -0.2) is 28.7 Å². The number of nitrogens with zero attached hydrogens (tertiary/aromatic N) is 1. The molecule has 1 amide bonds. The summed E-state index contributed by atoms with van der Waals surface area (Å²) in [7, 11) is 0. The van der Waals surface area contributed by atoms with Crippen LogP contribution in [0, 0.1) is 5.41 Å². The predicted octanol–water partition coefficient (Wildman–Crippen LogP) is 3.59. The number of rotatable bonds is 4. The summed E-state index contributed by atoms with van der Waals surface area (Å²) in [6.07, 6.45) is 5.63. The maximum atomic E-state index is 12.2. The highest BCUT2D eigenvalue weighted by molar-refractivity contribution is 9.09. The molecule has 1 rings (SSSR count). The number of hydrogen-bond donors (Lipinski definition) is 0. The molecule has 0 heterocycles. The maximum absolute atomic E-state index is 12.2. The summed E-state index contributed by atoms with van der Waals surface area (Å²) >= 11 is 3.45. The summed E-state index contributed by atoms with van der Waals surface area (Å²) in [5, 5.41) is 0.888. The van der Waals surface area contributed by atoms with Crippen LogP contribution in [-0.2, 0) is 4.79 Å². The third kappa shape index (κ3) is 4.44. The van der Waals surface area contributed by atoms with Gasteiger partial charge in [0.2, 0.25) is 5.91 Å². The van der Waals surface area contributed by atoms with Crippen molar-refractivity contribution in [2.45, 2.75) is 58.9 Å². The van der Waals surface area contributed by atoms with Gasteiger partial charge in [-0.2, -0.15) is 0 Å². The number of carbonyl (C=O) groups excluding carboxylic acids is 1. The molecule has 1 fully saturated rings. The van der Waals surface area contributed by atoms with Crippen LogP contribution in [0.1, 0.15) is 52.9 Å². The number of alkyl halides is 1. The van der Waals surface area contributed by atoms with Crippen molar-refractivity contribution in [1.82, 2.24) is 4.90 Å². The Bertz CT molecular complexity index is 229. The molecule has 1 saturated carbocycles. The topological polar surface area (TPSA) is 20.3 Å². The van der Waals surface area contributed by atoms with Crippen LogP contribution in [0.15, 0.2) is 0 Å². The van der Waals surface area contributed by atoms with Gasteiger partial charge in [-0.15, -0.1) is 0 Å². The lowest BCUT2D eigenvalue weighted by molar-refractivity contribution is -0.135. The lowest BCUT2D eigenvalue weighted by Gasteiger charge is -2.31. The van der Waals surface area contributed by atoms with Gasteiger partial charge in [0, 0.05) is 24.3 Å². The van der Waals surface area contributed by atoms with E-state index < -0.39 is 0 Å². The first-order valence-corrected chi connectivity index (χ1v) is 7.41. The van der Waals surface area contributed by atoms with E-state index in [2.05, 4.69) is 41.6 Å². The molecule has 1 aliphatic rings. The fraction of sp³-hybridized carbons (Fsp3) is 0.923. The van der Waals surface area contributed by atoms with Gasteiger partial charge >= 0.3 is 0 Å². The highest BCUT2D eigenvalue weighted by atomic mass is 79.9. The first-order valence-electron chi connectivity index (χ1n) is 6.29. The van der Waals surface area contributed by atoms with Gasteiger partial charge in [0.15, 0.2) is 0 Å². The molecule has 3 heteroatoms. The molecule has 0 spiro atoms. The molecule has 0 aromatic heterocycles. The zero-order chi connectivity index (χ0) is 12.2. The second-order valence-corrected chi connectivity index (χ2v) is 6.74. The second kappa shape index (κ2) is 6.04. The number of carbonyl (C=O) groups is 1. The molecule has 0 aromatic carbocycles. The van der Waals surface area contributed by atoms with Crippen molar-refractivity contribution < 1.29 is 4.79 Å². The van der Waals surface area contributed by atoms with E-state index >= 15 is 0 Å². The van der Waals surface area contributed by atoms with Gasteiger partial charge in [0.25, 0.3) is 0 Å². The van der Waals surface area contributed by atoms with Crippen LogP contribution in [0.5, 0.6) is 0 Å². The summed E-state index contributed by atoms with van der Waals surface area (Å²) < 4.78 is 0. The Morgan fingerprint density at radius 3 is 2.31 bits per heavy atom. The summed E-state index contributed by atoms with van der Waals surface area (Å²) in [6.45, 7) is 7.25. The minimum atomic E-state index is 0.0975. The van der Waals surface area contributed by atoms with Crippen LogP contribution >= 0.6 is 15.9 Å². The van der Waals surface area contributed by atoms with E-state index in [0.717, 1.165) is 11.9 Å². The third-order valence-electron chi connectivity index (χ3n) is 3.09. The van der Waals surface area contributed by atoms with Crippen molar-refractivity contribution in [2.24, 2.45) is 5.41 Å². The van der Waals surface area contributed by atoms with Gasteiger partial charge in [-0.25, -0.2) is 0 Å². The Labute approximate surface area is 108 Å². The lowest BCUT2D eigenvalue weighted by Crippen LogP contribution is -2.41. The monoisotopic (exact) mass is 289 g/mol. The van der Waals surface area contributed by atoms with Crippen LogP contribution < -0.4 is 0 Å². The normalized spacial score (nSPS) is 17.8. The molecule has 16 heavy (non-hydrogen) atoms. The summed E-state index contributed by atoms with van der Waals surface area (Å²) in [4.78, 5) is 14.3. The van der Waals surface area contributed by atoms with Crippen molar-refractivity contribution in [1.29, 1.82) is 0 Å². The van der Waals surface area contributed by atoms with Crippen molar-refractivity contribution in [3.05, 3.63) is 0 Å². The summed E-state index contributed by atoms with van der Waals surface area (Å²) in [5.74, 6) is 0.332. The molecule has 94 valence electrons. The highest BCUT2D eigenvalue weighted by Gasteiger charge is 2.28. The van der Waals surface area contributed by atoms with Crippen molar-refractivity contribution in [3.8, 4) is 0 Å². The Hall–Kier alpha value is -0.0500. The quantitative estimate of drug-likeness (QED) is 0.725. The molecular formula is C13H24BrNO. The Morgan fingerprint density at radius 1 is 1.31 bits per heavy atom. The summed E-state index contributed by atoms with van der Waals surface area (Å²) in [6, 6.07) is 0.507. The number of amides is 1. The van der Waals surface area contributed by atoms with E-state index in [4.69, 9.17) is 0 Å². The first kappa shape index (κ1) is 14.0. The minimum absolute atomic E-state index is 0.0975. The van der Waals surface area contributed by atoms with Gasteiger partial charge in [-0.1, -0.05) is 49.5 Å². The smallest absolute Gasteiger partial charge is 0.223 e. The zero-order valence-corrected chi connectivity index (χ0v) is 12.3. The Balaban J connectivity index is 2.57. The molecular weight excluding hydrogens is 266 g/mol. The van der Waals surface area contributed by atoms with Crippen molar-refractivity contribution in [3.63, 3.8) is 0 Å². The first-order chi connectivity index (χ1) is 7.44. The molecule has 0 bridgehead atoms. The average molecular weight is 290 g/mol. The van der Waals surface area contributed by atoms with E-state index in [1.54, 1.807) is 0 Å². The van der Waals surface area contributed by atoms with Gasteiger partial charge in [0.1, 0.15) is 0 Å². The van der Waals surface area contributed by atoms with E-state index in [0.29, 0.717) is 18.4 Å². The van der Waals surface area contributed by atoms with Crippen molar-refractivity contribution in [2.75, 3.05) is 11.9 Å². The molecule has 2 nitrogen and oxygen atoms in total. The SMILES string of the molecule is CC(C)(C)CC(=O)N(CCBr)C1CCCC1. The molecule has 0 atom stereocenters. The van der Waals surface area contributed by atoms with E-state index in [1.807, 2.05) is 0 Å². The van der Waals surface area contributed by atoms with Gasteiger partial charge in [0.05, 0.1) is 0 Å². The highest BCUT2D eigenvalue weighted by Crippen LogP contribution is 2.27. The minimum Gasteiger partial charge on any atom is -0.339 e. The van der Waals surface area contributed by atoms with Gasteiger partial charge in [-0.3, -0.25) is 4.79 Å². The van der Waals surface area contributed by atoms with Crippen LogP contribution in [0.2, 0.25) is 0 Å². The number of hydrogen-bond acceptors (Lipinski definition) is 1. The molecule has 0 aliphatic heterocycles. The fourth-order valence-corrected chi connectivity index (χ4v) is 2.76. The fourth-order valence-electron chi connectivity index (χ4n) is 2.37. The van der Waals surface area contributed by atoms with Crippen LogP contribution in [0.3, 0.4) is 0 Å². The zero-order valence-electron chi connectivity index (χ0n) is 10.8. The molecule has 0 N–H and O–H groups in total. The Kier molecular flexibility index (Phi) is 5.29. The molecule has 0 aromatic rings. The number of halogens is 1. The summed E-state index contributed by atoms with van der Waals surface area (Å²) in [5.41, 5.74) is 0.0975.